The molecule has 1 aliphatic carbocycles. The van der Waals surface area contributed by atoms with Gasteiger partial charge in [-0.1, -0.05) is 6.58 Å². The zero-order valence-corrected chi connectivity index (χ0v) is 8.12. The van der Waals surface area contributed by atoms with Gasteiger partial charge in [-0.2, -0.15) is 11.8 Å². The normalized spacial score (nSPS) is 32.4. The van der Waals surface area contributed by atoms with E-state index < -0.39 is 0 Å². The van der Waals surface area contributed by atoms with Crippen molar-refractivity contribution in [3.8, 4) is 0 Å². The van der Waals surface area contributed by atoms with Crippen LogP contribution < -0.4 is 0 Å². The summed E-state index contributed by atoms with van der Waals surface area (Å²) in [5, 5.41) is 0.783. The Bertz CT molecular complexity index is 144. The van der Waals surface area contributed by atoms with Crippen LogP contribution in [0.15, 0.2) is 12.2 Å². The van der Waals surface area contributed by atoms with Gasteiger partial charge in [0.05, 0.1) is 6.10 Å². The van der Waals surface area contributed by atoms with E-state index in [-0.39, 0.29) is 0 Å². The fourth-order valence-corrected chi connectivity index (χ4v) is 2.23. The lowest BCUT2D eigenvalue weighted by Crippen LogP contribution is -2.25. The molecule has 0 aromatic rings. The molecule has 1 rings (SSSR count). The maximum Gasteiger partial charge on any atom is 0.0789 e. The number of ether oxygens (including phenoxy) is 1. The molecule has 2 unspecified atom stereocenters. The van der Waals surface area contributed by atoms with Gasteiger partial charge in [0.1, 0.15) is 0 Å². The van der Waals surface area contributed by atoms with Crippen LogP contribution in [0.2, 0.25) is 0 Å². The Balaban J connectivity index is 2.44. The Hall–Kier alpha value is 0.0500. The molecule has 1 aliphatic rings. The lowest BCUT2D eigenvalue weighted by Gasteiger charge is -2.28. The van der Waals surface area contributed by atoms with Crippen LogP contribution in [0, 0.1) is 0 Å². The SMILES string of the molecule is C=C1CCC(SC)CC1OC. The highest BCUT2D eigenvalue weighted by Crippen LogP contribution is 2.30. The maximum atomic E-state index is 5.32. The predicted octanol–water partition coefficient (Wildman–Crippen LogP) is 2.47. The number of thioether (sulfide) groups is 1. The molecule has 64 valence electrons. The van der Waals surface area contributed by atoms with Crippen LogP contribution in [-0.2, 0) is 4.74 Å². The molecule has 0 heterocycles. The molecular formula is C9H16OS. The van der Waals surface area contributed by atoms with Gasteiger partial charge in [-0.05, 0) is 31.1 Å². The van der Waals surface area contributed by atoms with Gasteiger partial charge in [0.2, 0.25) is 0 Å². The van der Waals surface area contributed by atoms with E-state index in [1.807, 2.05) is 11.8 Å². The van der Waals surface area contributed by atoms with E-state index in [1.165, 1.54) is 12.0 Å². The summed E-state index contributed by atoms with van der Waals surface area (Å²) in [4.78, 5) is 0. The highest BCUT2D eigenvalue weighted by atomic mass is 32.2. The predicted molar refractivity (Wildman–Crippen MR) is 51.1 cm³/mol. The van der Waals surface area contributed by atoms with Gasteiger partial charge in [0.25, 0.3) is 0 Å². The zero-order valence-electron chi connectivity index (χ0n) is 7.30. The van der Waals surface area contributed by atoms with Gasteiger partial charge < -0.3 is 4.74 Å². The molecule has 0 amide bonds. The van der Waals surface area contributed by atoms with Crippen LogP contribution >= 0.6 is 11.8 Å². The topological polar surface area (TPSA) is 9.23 Å². The van der Waals surface area contributed by atoms with Crippen LogP contribution in [0.3, 0.4) is 0 Å². The second-order valence-corrected chi connectivity index (χ2v) is 4.15. The van der Waals surface area contributed by atoms with E-state index in [9.17, 15) is 0 Å². The number of hydrogen-bond acceptors (Lipinski definition) is 2. The summed E-state index contributed by atoms with van der Waals surface area (Å²) >= 11 is 1.95. The highest BCUT2D eigenvalue weighted by Gasteiger charge is 2.23. The Morgan fingerprint density at radius 3 is 2.91 bits per heavy atom. The molecule has 11 heavy (non-hydrogen) atoms. The molecule has 0 radical (unpaired) electrons. The number of methoxy groups -OCH3 is 1. The first-order chi connectivity index (χ1) is 5.27. The first-order valence-electron chi connectivity index (χ1n) is 4.01. The van der Waals surface area contributed by atoms with Crippen molar-refractivity contribution in [1.82, 2.24) is 0 Å². The van der Waals surface area contributed by atoms with Gasteiger partial charge in [0.15, 0.2) is 0 Å². The molecule has 0 saturated heterocycles. The Morgan fingerprint density at radius 2 is 2.36 bits per heavy atom. The summed E-state index contributed by atoms with van der Waals surface area (Å²) in [5.74, 6) is 0. The van der Waals surface area contributed by atoms with E-state index in [2.05, 4.69) is 12.8 Å². The van der Waals surface area contributed by atoms with Crippen molar-refractivity contribution in [3.63, 3.8) is 0 Å². The smallest absolute Gasteiger partial charge is 0.0789 e. The van der Waals surface area contributed by atoms with Crippen molar-refractivity contribution in [2.75, 3.05) is 13.4 Å². The van der Waals surface area contributed by atoms with Gasteiger partial charge in [-0.25, -0.2) is 0 Å². The molecule has 0 spiro atoms. The third-order valence-corrected chi connectivity index (χ3v) is 3.43. The first kappa shape index (κ1) is 9.14. The third-order valence-electron chi connectivity index (χ3n) is 2.34. The molecule has 0 aromatic carbocycles. The highest BCUT2D eigenvalue weighted by molar-refractivity contribution is 7.99. The van der Waals surface area contributed by atoms with Crippen molar-refractivity contribution in [3.05, 3.63) is 12.2 Å². The average Bonchev–Trinajstić information content (AvgIpc) is 2.05. The molecule has 0 N–H and O–H groups in total. The standard InChI is InChI=1S/C9H16OS/c1-7-4-5-8(11-3)6-9(7)10-2/h8-9H,1,4-6H2,2-3H3. The first-order valence-corrected chi connectivity index (χ1v) is 5.30. The number of rotatable bonds is 2. The molecule has 0 bridgehead atoms. The van der Waals surface area contributed by atoms with Crippen molar-refractivity contribution in [1.29, 1.82) is 0 Å². The quantitative estimate of drug-likeness (QED) is 0.592. The lowest BCUT2D eigenvalue weighted by atomic mass is 9.93. The van der Waals surface area contributed by atoms with Crippen molar-refractivity contribution in [2.45, 2.75) is 30.6 Å². The lowest BCUT2D eigenvalue weighted by molar-refractivity contribution is 0.112. The summed E-state index contributed by atoms with van der Waals surface area (Å²) in [6, 6.07) is 0. The summed E-state index contributed by atoms with van der Waals surface area (Å²) in [7, 11) is 1.78. The average molecular weight is 172 g/mol. The minimum atomic E-state index is 0.321. The van der Waals surface area contributed by atoms with E-state index in [1.54, 1.807) is 7.11 Å². The number of hydrogen-bond donors (Lipinski definition) is 0. The summed E-state index contributed by atoms with van der Waals surface area (Å²) in [6.45, 7) is 4.00. The van der Waals surface area contributed by atoms with Crippen LogP contribution in [0.5, 0.6) is 0 Å². The monoisotopic (exact) mass is 172 g/mol. The molecule has 0 aliphatic heterocycles. The third kappa shape index (κ3) is 2.24. The van der Waals surface area contributed by atoms with E-state index in [4.69, 9.17) is 4.74 Å². The Morgan fingerprint density at radius 1 is 1.64 bits per heavy atom. The van der Waals surface area contributed by atoms with Crippen molar-refractivity contribution in [2.24, 2.45) is 0 Å². The molecule has 1 saturated carbocycles. The second-order valence-electron chi connectivity index (χ2n) is 3.01. The summed E-state index contributed by atoms with van der Waals surface area (Å²) < 4.78 is 5.32. The van der Waals surface area contributed by atoms with Gasteiger partial charge in [0, 0.05) is 12.4 Å². The molecule has 2 atom stereocenters. The van der Waals surface area contributed by atoms with Crippen LogP contribution in [0.25, 0.3) is 0 Å². The Labute approximate surface area is 73.2 Å². The van der Waals surface area contributed by atoms with E-state index >= 15 is 0 Å². The fourth-order valence-electron chi connectivity index (χ4n) is 1.51. The van der Waals surface area contributed by atoms with Gasteiger partial charge in [-0.15, -0.1) is 0 Å². The van der Waals surface area contributed by atoms with Crippen LogP contribution in [0.1, 0.15) is 19.3 Å². The fraction of sp³-hybridized carbons (Fsp3) is 0.778. The van der Waals surface area contributed by atoms with Crippen molar-refractivity contribution >= 4 is 11.8 Å². The molecule has 2 heteroatoms. The van der Waals surface area contributed by atoms with Gasteiger partial charge in [-0.3, -0.25) is 0 Å². The summed E-state index contributed by atoms with van der Waals surface area (Å²) in [5.41, 5.74) is 1.28. The zero-order chi connectivity index (χ0) is 8.27. The minimum absolute atomic E-state index is 0.321. The van der Waals surface area contributed by atoms with E-state index in [0.717, 1.165) is 18.1 Å². The van der Waals surface area contributed by atoms with Crippen LogP contribution in [-0.4, -0.2) is 24.7 Å². The molecule has 1 nitrogen and oxygen atoms in total. The van der Waals surface area contributed by atoms with Crippen molar-refractivity contribution < 1.29 is 4.74 Å². The van der Waals surface area contributed by atoms with E-state index in [0.29, 0.717) is 6.10 Å². The van der Waals surface area contributed by atoms with Gasteiger partial charge >= 0.3 is 0 Å². The molecule has 1 fully saturated rings. The maximum absolute atomic E-state index is 5.32. The molecular weight excluding hydrogens is 156 g/mol. The van der Waals surface area contributed by atoms with Crippen LogP contribution in [0.4, 0.5) is 0 Å². The second kappa shape index (κ2) is 4.17. The minimum Gasteiger partial charge on any atom is -0.377 e. The Kier molecular flexibility index (Phi) is 3.46. The summed E-state index contributed by atoms with van der Waals surface area (Å²) in [6.07, 6.45) is 6.06. The largest absolute Gasteiger partial charge is 0.377 e. The molecule has 0 aromatic heterocycles.